The topological polar surface area (TPSA) is 69.4 Å². The number of halogens is 1. The molecule has 0 N–H and O–H groups in total. The highest BCUT2D eigenvalue weighted by atomic mass is 35.5. The van der Waals surface area contributed by atoms with Crippen LogP contribution in [-0.4, -0.2) is 30.2 Å². The van der Waals surface area contributed by atoms with E-state index in [4.69, 9.17) is 11.6 Å². The number of hydrogen-bond acceptors (Lipinski definition) is 5. The minimum atomic E-state index is 0.361. The number of aromatic nitrogens is 6. The van der Waals surface area contributed by atoms with Crippen LogP contribution in [0.25, 0.3) is 5.95 Å². The zero-order valence-electron chi connectivity index (χ0n) is 6.72. The molecule has 0 aliphatic heterocycles. The number of rotatable bonds is 1. The molecule has 0 aliphatic rings. The highest BCUT2D eigenvalue weighted by Gasteiger charge is 2.05. The van der Waals surface area contributed by atoms with E-state index >= 15 is 0 Å². The molecule has 0 bridgehead atoms. The number of aryl methyl sites for hydroxylation is 1. The van der Waals surface area contributed by atoms with Crippen LogP contribution in [-0.2, 0) is 0 Å². The lowest BCUT2D eigenvalue weighted by Gasteiger charge is -1.97. The van der Waals surface area contributed by atoms with Crippen LogP contribution < -0.4 is 0 Å². The minimum Gasteiger partial charge on any atom is -0.219 e. The second-order valence-corrected chi connectivity index (χ2v) is 2.70. The third kappa shape index (κ3) is 1.48. The van der Waals surface area contributed by atoms with Crippen molar-refractivity contribution >= 4 is 11.6 Å². The van der Waals surface area contributed by atoms with Gasteiger partial charge in [-0.1, -0.05) is 11.6 Å². The van der Waals surface area contributed by atoms with Gasteiger partial charge in [0.05, 0.1) is 0 Å². The van der Waals surface area contributed by atoms with Crippen LogP contribution in [0, 0.1) is 6.92 Å². The maximum atomic E-state index is 5.68. The lowest BCUT2D eigenvalue weighted by molar-refractivity contribution is 0.736. The SMILES string of the molecule is Cc1nnnn1-c1nccc(Cl)n1. The van der Waals surface area contributed by atoms with Crippen LogP contribution in [0.4, 0.5) is 0 Å². The molecule has 0 saturated heterocycles. The Balaban J connectivity index is 2.53. The van der Waals surface area contributed by atoms with Gasteiger partial charge in [0.2, 0.25) is 0 Å². The monoisotopic (exact) mass is 196 g/mol. The van der Waals surface area contributed by atoms with Crippen LogP contribution >= 0.6 is 11.6 Å². The van der Waals surface area contributed by atoms with E-state index in [0.29, 0.717) is 16.9 Å². The van der Waals surface area contributed by atoms with Crippen molar-refractivity contribution in [3.63, 3.8) is 0 Å². The Bertz CT molecular complexity index is 425. The van der Waals surface area contributed by atoms with Gasteiger partial charge in [-0.15, -0.1) is 5.10 Å². The highest BCUT2D eigenvalue weighted by molar-refractivity contribution is 6.29. The van der Waals surface area contributed by atoms with Crippen LogP contribution in [0.5, 0.6) is 0 Å². The van der Waals surface area contributed by atoms with Crippen molar-refractivity contribution in [2.75, 3.05) is 0 Å². The van der Waals surface area contributed by atoms with Gasteiger partial charge < -0.3 is 0 Å². The molecule has 2 aromatic rings. The molecule has 0 radical (unpaired) electrons. The lowest BCUT2D eigenvalue weighted by atomic mass is 10.6. The Morgan fingerprint density at radius 3 is 2.92 bits per heavy atom. The largest absolute Gasteiger partial charge is 0.255 e. The fourth-order valence-corrected chi connectivity index (χ4v) is 0.978. The van der Waals surface area contributed by atoms with Crippen molar-refractivity contribution in [1.82, 2.24) is 30.2 Å². The standard InChI is InChI=1S/C6H5ClN6/c1-4-10-11-12-13(4)6-8-3-2-5(7)9-6/h2-3H,1H3. The molecule has 7 heteroatoms. The van der Waals surface area contributed by atoms with Gasteiger partial charge in [-0.3, -0.25) is 0 Å². The van der Waals surface area contributed by atoms with Crippen molar-refractivity contribution in [2.45, 2.75) is 6.92 Å². The van der Waals surface area contributed by atoms with E-state index in [9.17, 15) is 0 Å². The summed E-state index contributed by atoms with van der Waals surface area (Å²) in [4.78, 5) is 7.92. The van der Waals surface area contributed by atoms with Crippen LogP contribution in [0.1, 0.15) is 5.82 Å². The summed E-state index contributed by atoms with van der Waals surface area (Å²) in [5.41, 5.74) is 0. The van der Waals surface area contributed by atoms with E-state index in [0.717, 1.165) is 0 Å². The summed E-state index contributed by atoms with van der Waals surface area (Å²) in [5, 5.41) is 11.2. The average Bonchev–Trinajstić information content (AvgIpc) is 2.51. The first-order valence-corrected chi connectivity index (χ1v) is 3.89. The van der Waals surface area contributed by atoms with E-state index in [1.165, 1.54) is 4.68 Å². The van der Waals surface area contributed by atoms with Crippen LogP contribution in [0.2, 0.25) is 5.15 Å². The molecule has 2 aromatic heterocycles. The molecular formula is C6H5ClN6. The second kappa shape index (κ2) is 3.06. The highest BCUT2D eigenvalue weighted by Crippen LogP contribution is 2.05. The first kappa shape index (κ1) is 8.06. The third-order valence-electron chi connectivity index (χ3n) is 1.42. The summed E-state index contributed by atoms with van der Waals surface area (Å²) in [5.74, 6) is 0.984. The van der Waals surface area contributed by atoms with Gasteiger partial charge in [0.25, 0.3) is 5.95 Å². The third-order valence-corrected chi connectivity index (χ3v) is 1.63. The van der Waals surface area contributed by atoms with E-state index in [1.54, 1.807) is 19.2 Å². The summed E-state index contributed by atoms with van der Waals surface area (Å²) in [6.07, 6.45) is 1.55. The van der Waals surface area contributed by atoms with Crippen molar-refractivity contribution < 1.29 is 0 Å². The summed E-state index contributed by atoms with van der Waals surface area (Å²) in [6.45, 7) is 1.75. The van der Waals surface area contributed by atoms with Gasteiger partial charge >= 0.3 is 0 Å². The van der Waals surface area contributed by atoms with Gasteiger partial charge in [0, 0.05) is 6.20 Å². The Morgan fingerprint density at radius 1 is 1.46 bits per heavy atom. The molecule has 0 unspecified atom stereocenters. The van der Waals surface area contributed by atoms with Crippen molar-refractivity contribution in [1.29, 1.82) is 0 Å². The summed E-state index contributed by atoms with van der Waals surface area (Å²) in [6, 6.07) is 1.59. The van der Waals surface area contributed by atoms with E-state index in [1.807, 2.05) is 0 Å². The Hall–Kier alpha value is -1.56. The number of hydrogen-bond donors (Lipinski definition) is 0. The maximum Gasteiger partial charge on any atom is 0.255 e. The molecule has 2 rings (SSSR count). The van der Waals surface area contributed by atoms with Crippen molar-refractivity contribution in [3.05, 3.63) is 23.2 Å². The van der Waals surface area contributed by atoms with Gasteiger partial charge in [-0.2, -0.15) is 9.67 Å². The molecule has 66 valence electrons. The predicted molar refractivity (Wildman–Crippen MR) is 44.5 cm³/mol. The van der Waals surface area contributed by atoms with Crippen LogP contribution in [0.15, 0.2) is 12.3 Å². The predicted octanol–water partition coefficient (Wildman–Crippen LogP) is 0.414. The lowest BCUT2D eigenvalue weighted by Crippen LogP contribution is -2.04. The van der Waals surface area contributed by atoms with E-state index in [2.05, 4.69) is 25.5 Å². The molecule has 0 fully saturated rings. The van der Waals surface area contributed by atoms with Gasteiger partial charge in [0.1, 0.15) is 5.15 Å². The molecule has 2 heterocycles. The number of tetrazole rings is 1. The summed E-state index contributed by atoms with van der Waals surface area (Å²) < 4.78 is 1.41. The van der Waals surface area contributed by atoms with Crippen molar-refractivity contribution in [3.8, 4) is 5.95 Å². The van der Waals surface area contributed by atoms with Gasteiger partial charge in [0.15, 0.2) is 5.82 Å². The first-order valence-electron chi connectivity index (χ1n) is 3.51. The zero-order chi connectivity index (χ0) is 9.26. The molecular weight excluding hydrogens is 192 g/mol. The number of nitrogens with zero attached hydrogens (tertiary/aromatic N) is 6. The van der Waals surface area contributed by atoms with Crippen molar-refractivity contribution in [2.24, 2.45) is 0 Å². The molecule has 0 aromatic carbocycles. The molecule has 6 nitrogen and oxygen atoms in total. The fraction of sp³-hybridized carbons (Fsp3) is 0.167. The Morgan fingerprint density at radius 2 is 2.31 bits per heavy atom. The zero-order valence-corrected chi connectivity index (χ0v) is 7.47. The van der Waals surface area contributed by atoms with Crippen LogP contribution in [0.3, 0.4) is 0 Å². The molecule has 0 atom stereocenters. The Kier molecular flexibility index (Phi) is 1.90. The molecule has 13 heavy (non-hydrogen) atoms. The first-order chi connectivity index (χ1) is 6.27. The van der Waals surface area contributed by atoms with E-state index < -0.39 is 0 Å². The fourth-order valence-electron chi connectivity index (χ4n) is 0.846. The van der Waals surface area contributed by atoms with Gasteiger partial charge in [-0.05, 0) is 23.4 Å². The molecule has 0 spiro atoms. The average molecular weight is 197 g/mol. The quantitative estimate of drug-likeness (QED) is 0.618. The summed E-state index contributed by atoms with van der Waals surface area (Å²) in [7, 11) is 0. The normalized spacial score (nSPS) is 10.3. The van der Waals surface area contributed by atoms with E-state index in [-0.39, 0.29) is 0 Å². The summed E-state index contributed by atoms with van der Waals surface area (Å²) >= 11 is 5.68. The Labute approximate surface area is 78.6 Å². The molecule has 0 saturated carbocycles. The molecule has 0 amide bonds. The molecule has 0 aliphatic carbocycles. The smallest absolute Gasteiger partial charge is 0.219 e. The minimum absolute atomic E-state index is 0.361. The van der Waals surface area contributed by atoms with Gasteiger partial charge in [-0.25, -0.2) is 4.98 Å². The maximum absolute atomic E-state index is 5.68. The second-order valence-electron chi connectivity index (χ2n) is 2.32.